The van der Waals surface area contributed by atoms with Crippen LogP contribution in [0.4, 0.5) is 10.1 Å². The molecule has 4 nitrogen and oxygen atoms in total. The monoisotopic (exact) mass is 380 g/mol. The van der Waals surface area contributed by atoms with Gasteiger partial charge in [-0.1, -0.05) is 25.1 Å². The van der Waals surface area contributed by atoms with Crippen LogP contribution < -0.4 is 4.90 Å². The van der Waals surface area contributed by atoms with Crippen molar-refractivity contribution in [2.45, 2.75) is 51.6 Å². The Hall–Kier alpha value is -2.69. The van der Waals surface area contributed by atoms with E-state index in [-0.39, 0.29) is 29.7 Å². The van der Waals surface area contributed by atoms with Crippen LogP contribution in [0.5, 0.6) is 0 Å². The maximum atomic E-state index is 14.3. The Morgan fingerprint density at radius 1 is 1.21 bits per heavy atom. The van der Waals surface area contributed by atoms with Crippen molar-refractivity contribution in [3.8, 4) is 0 Å². The minimum atomic E-state index is -0.326. The van der Waals surface area contributed by atoms with Crippen LogP contribution in [0.2, 0.25) is 0 Å². The summed E-state index contributed by atoms with van der Waals surface area (Å²) in [7, 11) is 0. The quantitative estimate of drug-likeness (QED) is 0.767. The van der Waals surface area contributed by atoms with Crippen molar-refractivity contribution in [2.75, 3.05) is 11.4 Å². The van der Waals surface area contributed by atoms with Crippen LogP contribution in [0.25, 0.3) is 0 Å². The molecule has 1 unspecified atom stereocenters. The molecule has 1 heterocycles. The fraction of sp³-hybridized carbons (Fsp3) is 0.391. The van der Waals surface area contributed by atoms with Gasteiger partial charge in [-0.25, -0.2) is 4.39 Å². The summed E-state index contributed by atoms with van der Waals surface area (Å²) in [6, 6.07) is 12.1. The highest BCUT2D eigenvalue weighted by atomic mass is 19.1. The number of carbonyl (C=O) groups is 2. The van der Waals surface area contributed by atoms with Gasteiger partial charge in [-0.05, 0) is 56.0 Å². The standard InChI is InChI=1S/C23H25FN2O2/c1-3-22(27)25-13-12-16-14-17(8-11-21(16)25)23(28)26(18-9-10-18)15(2)19-6-4-5-7-20(19)24/h4-8,11,14-15,18H,3,9-10,12-13H2,1-2H3. The minimum absolute atomic E-state index is 0.0682. The lowest BCUT2D eigenvalue weighted by molar-refractivity contribution is -0.118. The molecule has 146 valence electrons. The summed E-state index contributed by atoms with van der Waals surface area (Å²) in [5.41, 5.74) is 3.09. The number of hydrogen-bond acceptors (Lipinski definition) is 2. The molecule has 5 heteroatoms. The van der Waals surface area contributed by atoms with Crippen LogP contribution in [-0.2, 0) is 11.2 Å². The Morgan fingerprint density at radius 2 is 1.96 bits per heavy atom. The van der Waals surface area contributed by atoms with Crippen molar-refractivity contribution in [1.29, 1.82) is 0 Å². The second-order valence-electron chi connectivity index (χ2n) is 7.63. The molecule has 28 heavy (non-hydrogen) atoms. The zero-order chi connectivity index (χ0) is 19.8. The summed E-state index contributed by atoms with van der Waals surface area (Å²) in [5.74, 6) is -0.247. The number of amides is 2. The molecule has 1 atom stereocenters. The highest BCUT2D eigenvalue weighted by Crippen LogP contribution is 2.37. The van der Waals surface area contributed by atoms with Crippen LogP contribution >= 0.6 is 0 Å². The zero-order valence-electron chi connectivity index (χ0n) is 16.3. The van der Waals surface area contributed by atoms with Gasteiger partial charge in [0.05, 0.1) is 6.04 Å². The summed E-state index contributed by atoms with van der Waals surface area (Å²) < 4.78 is 14.3. The van der Waals surface area contributed by atoms with Crippen molar-refractivity contribution >= 4 is 17.5 Å². The molecule has 1 aliphatic heterocycles. The average molecular weight is 380 g/mol. The SMILES string of the molecule is CCC(=O)N1CCc2cc(C(=O)N(C3CC3)C(C)c3ccccc3F)ccc21. The molecule has 2 aromatic carbocycles. The third kappa shape index (κ3) is 3.30. The minimum Gasteiger partial charge on any atom is -0.329 e. The molecular formula is C23H25FN2O2. The summed E-state index contributed by atoms with van der Waals surface area (Å²) in [6.07, 6.45) is 3.13. The van der Waals surface area contributed by atoms with E-state index >= 15 is 0 Å². The lowest BCUT2D eigenvalue weighted by Gasteiger charge is -2.30. The van der Waals surface area contributed by atoms with E-state index in [1.165, 1.54) is 6.07 Å². The van der Waals surface area contributed by atoms with E-state index in [0.717, 1.165) is 30.5 Å². The third-order valence-electron chi connectivity index (χ3n) is 5.77. The summed E-state index contributed by atoms with van der Waals surface area (Å²) in [4.78, 5) is 29.1. The fourth-order valence-electron chi connectivity index (χ4n) is 4.11. The van der Waals surface area contributed by atoms with Gasteiger partial charge in [-0.3, -0.25) is 9.59 Å². The second-order valence-corrected chi connectivity index (χ2v) is 7.63. The highest BCUT2D eigenvalue weighted by molar-refractivity contribution is 5.98. The average Bonchev–Trinajstić information content (AvgIpc) is 3.45. The van der Waals surface area contributed by atoms with E-state index in [2.05, 4.69) is 0 Å². The van der Waals surface area contributed by atoms with Gasteiger partial charge < -0.3 is 9.80 Å². The molecule has 2 aliphatic rings. The maximum Gasteiger partial charge on any atom is 0.254 e. The van der Waals surface area contributed by atoms with Crippen LogP contribution in [0.15, 0.2) is 42.5 Å². The van der Waals surface area contributed by atoms with Gasteiger partial charge in [-0.15, -0.1) is 0 Å². The van der Waals surface area contributed by atoms with E-state index in [0.29, 0.717) is 24.1 Å². The van der Waals surface area contributed by atoms with Gasteiger partial charge in [0.1, 0.15) is 5.82 Å². The normalized spacial score (nSPS) is 16.6. The lowest BCUT2D eigenvalue weighted by Crippen LogP contribution is -2.36. The molecule has 0 N–H and O–H groups in total. The molecule has 0 radical (unpaired) electrons. The zero-order valence-corrected chi connectivity index (χ0v) is 16.3. The first kappa shape index (κ1) is 18.7. The van der Waals surface area contributed by atoms with E-state index in [1.807, 2.05) is 30.9 Å². The van der Waals surface area contributed by atoms with Gasteiger partial charge in [0.25, 0.3) is 5.91 Å². The molecule has 0 bridgehead atoms. The molecule has 1 fully saturated rings. The first-order chi connectivity index (χ1) is 13.5. The maximum absolute atomic E-state index is 14.3. The molecule has 1 saturated carbocycles. The van der Waals surface area contributed by atoms with Crippen LogP contribution in [0.1, 0.15) is 60.6 Å². The van der Waals surface area contributed by atoms with E-state index in [9.17, 15) is 14.0 Å². The van der Waals surface area contributed by atoms with Gasteiger partial charge >= 0.3 is 0 Å². The predicted molar refractivity (Wildman–Crippen MR) is 107 cm³/mol. The van der Waals surface area contributed by atoms with E-state index in [1.54, 1.807) is 29.2 Å². The number of anilines is 1. The number of nitrogens with zero attached hydrogens (tertiary/aromatic N) is 2. The first-order valence-electron chi connectivity index (χ1n) is 10.0. The molecule has 0 aromatic heterocycles. The number of benzene rings is 2. The number of rotatable bonds is 5. The number of halogens is 1. The Morgan fingerprint density at radius 3 is 2.64 bits per heavy atom. The van der Waals surface area contributed by atoms with Crippen molar-refractivity contribution in [2.24, 2.45) is 0 Å². The Kier molecular flexibility index (Phi) is 4.92. The summed E-state index contributed by atoms with van der Waals surface area (Å²) >= 11 is 0. The molecule has 4 rings (SSSR count). The fourth-order valence-corrected chi connectivity index (χ4v) is 4.11. The Labute approximate surface area is 164 Å². The summed E-state index contributed by atoms with van der Waals surface area (Å²) in [6.45, 7) is 4.41. The van der Waals surface area contributed by atoms with Crippen LogP contribution in [-0.4, -0.2) is 29.3 Å². The number of carbonyl (C=O) groups excluding carboxylic acids is 2. The Balaban J connectivity index is 1.62. The van der Waals surface area contributed by atoms with Gasteiger partial charge in [0.2, 0.25) is 5.91 Å². The molecular weight excluding hydrogens is 355 g/mol. The number of fused-ring (bicyclic) bond motifs is 1. The second kappa shape index (κ2) is 7.38. The molecule has 2 aromatic rings. The van der Waals surface area contributed by atoms with E-state index in [4.69, 9.17) is 0 Å². The third-order valence-corrected chi connectivity index (χ3v) is 5.77. The smallest absolute Gasteiger partial charge is 0.254 e. The first-order valence-corrected chi connectivity index (χ1v) is 10.0. The lowest BCUT2D eigenvalue weighted by atomic mass is 10.0. The molecule has 2 amide bonds. The highest BCUT2D eigenvalue weighted by Gasteiger charge is 2.38. The molecule has 1 aliphatic carbocycles. The van der Waals surface area contributed by atoms with Crippen LogP contribution in [0.3, 0.4) is 0 Å². The van der Waals surface area contributed by atoms with Gasteiger partial charge in [-0.2, -0.15) is 0 Å². The van der Waals surface area contributed by atoms with Gasteiger partial charge in [0, 0.05) is 35.8 Å². The molecule has 0 spiro atoms. The number of hydrogen-bond donors (Lipinski definition) is 0. The van der Waals surface area contributed by atoms with Crippen molar-refractivity contribution in [3.63, 3.8) is 0 Å². The summed E-state index contributed by atoms with van der Waals surface area (Å²) in [5, 5.41) is 0. The Bertz CT molecular complexity index is 923. The van der Waals surface area contributed by atoms with Crippen molar-refractivity contribution in [3.05, 3.63) is 65.0 Å². The predicted octanol–water partition coefficient (Wildman–Crippen LogP) is 4.49. The molecule has 0 saturated heterocycles. The topological polar surface area (TPSA) is 40.6 Å². The van der Waals surface area contributed by atoms with Gasteiger partial charge in [0.15, 0.2) is 0 Å². The van der Waals surface area contributed by atoms with Crippen molar-refractivity contribution < 1.29 is 14.0 Å². The van der Waals surface area contributed by atoms with Crippen LogP contribution in [0, 0.1) is 5.82 Å². The van der Waals surface area contributed by atoms with E-state index < -0.39 is 0 Å². The van der Waals surface area contributed by atoms with Crippen molar-refractivity contribution in [1.82, 2.24) is 4.90 Å². The largest absolute Gasteiger partial charge is 0.329 e.